The molecular formula is C17H18ClNO. The minimum Gasteiger partial charge on any atom is -0.489 e. The normalized spacial score (nSPS) is 14.2. The van der Waals surface area contributed by atoms with Crippen LogP contribution in [-0.2, 0) is 13.2 Å². The Balaban J connectivity index is 1.62. The molecule has 20 heavy (non-hydrogen) atoms. The second kappa shape index (κ2) is 6.29. The Kier molecular flexibility index (Phi) is 4.24. The molecule has 0 heterocycles. The van der Waals surface area contributed by atoms with Gasteiger partial charge in [-0.1, -0.05) is 41.9 Å². The quantitative estimate of drug-likeness (QED) is 0.861. The van der Waals surface area contributed by atoms with Crippen LogP contribution < -0.4 is 10.1 Å². The summed E-state index contributed by atoms with van der Waals surface area (Å²) in [5, 5.41) is 4.27. The van der Waals surface area contributed by atoms with Crippen LogP contribution in [0.1, 0.15) is 24.0 Å². The molecule has 3 rings (SSSR count). The molecule has 0 spiro atoms. The van der Waals surface area contributed by atoms with Gasteiger partial charge in [-0.15, -0.1) is 0 Å². The van der Waals surface area contributed by atoms with Crippen molar-refractivity contribution in [2.45, 2.75) is 32.0 Å². The van der Waals surface area contributed by atoms with Gasteiger partial charge in [0, 0.05) is 23.2 Å². The van der Waals surface area contributed by atoms with Crippen LogP contribution in [0.2, 0.25) is 5.02 Å². The zero-order valence-corrected chi connectivity index (χ0v) is 12.1. The summed E-state index contributed by atoms with van der Waals surface area (Å²) >= 11 is 5.88. The number of hydrogen-bond donors (Lipinski definition) is 1. The summed E-state index contributed by atoms with van der Waals surface area (Å²) in [6.07, 6.45) is 2.60. The molecule has 0 aliphatic heterocycles. The van der Waals surface area contributed by atoms with Gasteiger partial charge in [-0.2, -0.15) is 0 Å². The third kappa shape index (κ3) is 3.75. The summed E-state index contributed by atoms with van der Waals surface area (Å²) in [5.74, 6) is 0.954. The second-order valence-corrected chi connectivity index (χ2v) is 5.61. The van der Waals surface area contributed by atoms with Crippen LogP contribution in [0.25, 0.3) is 0 Å². The molecule has 2 aromatic carbocycles. The number of halogens is 1. The van der Waals surface area contributed by atoms with E-state index in [1.165, 1.54) is 18.4 Å². The summed E-state index contributed by atoms with van der Waals surface area (Å²) in [6.45, 7) is 1.44. The Morgan fingerprint density at radius 3 is 2.55 bits per heavy atom. The maximum absolute atomic E-state index is 5.93. The van der Waals surface area contributed by atoms with E-state index in [0.29, 0.717) is 12.6 Å². The first-order valence-electron chi connectivity index (χ1n) is 7.00. The molecule has 1 fully saturated rings. The molecule has 1 saturated carbocycles. The van der Waals surface area contributed by atoms with Crippen LogP contribution >= 0.6 is 11.6 Å². The third-order valence-corrected chi connectivity index (χ3v) is 3.69. The molecule has 0 radical (unpaired) electrons. The van der Waals surface area contributed by atoms with E-state index in [4.69, 9.17) is 16.3 Å². The summed E-state index contributed by atoms with van der Waals surface area (Å²) in [4.78, 5) is 0. The summed E-state index contributed by atoms with van der Waals surface area (Å²) in [5.41, 5.74) is 2.34. The van der Waals surface area contributed by atoms with E-state index in [9.17, 15) is 0 Å². The lowest BCUT2D eigenvalue weighted by atomic mass is 10.2. The first-order chi connectivity index (χ1) is 9.81. The number of benzene rings is 2. The Bertz CT molecular complexity index is 563. The average Bonchev–Trinajstić information content (AvgIpc) is 3.30. The molecule has 104 valence electrons. The van der Waals surface area contributed by atoms with Gasteiger partial charge in [0.25, 0.3) is 0 Å². The zero-order valence-electron chi connectivity index (χ0n) is 11.3. The lowest BCUT2D eigenvalue weighted by Gasteiger charge is -2.12. The smallest absolute Gasteiger partial charge is 0.124 e. The summed E-state index contributed by atoms with van der Waals surface area (Å²) < 4.78 is 5.93. The van der Waals surface area contributed by atoms with E-state index in [-0.39, 0.29) is 0 Å². The van der Waals surface area contributed by atoms with Crippen molar-refractivity contribution in [3.63, 3.8) is 0 Å². The van der Waals surface area contributed by atoms with Crippen molar-refractivity contribution in [2.75, 3.05) is 0 Å². The highest BCUT2D eigenvalue weighted by atomic mass is 35.5. The van der Waals surface area contributed by atoms with Gasteiger partial charge < -0.3 is 10.1 Å². The Morgan fingerprint density at radius 1 is 1.05 bits per heavy atom. The standard InChI is InChI=1S/C17H18ClNO/c18-15-7-5-13(6-8-15)12-20-17-4-2-1-3-14(17)11-19-16-9-10-16/h1-8,16,19H,9-12H2. The van der Waals surface area contributed by atoms with E-state index in [1.54, 1.807) is 0 Å². The molecular weight excluding hydrogens is 270 g/mol. The van der Waals surface area contributed by atoms with Gasteiger partial charge in [-0.25, -0.2) is 0 Å². The highest BCUT2D eigenvalue weighted by Crippen LogP contribution is 2.23. The van der Waals surface area contributed by atoms with Crippen LogP contribution in [0.15, 0.2) is 48.5 Å². The van der Waals surface area contributed by atoms with Gasteiger partial charge in [0.05, 0.1) is 0 Å². The van der Waals surface area contributed by atoms with Crippen LogP contribution in [-0.4, -0.2) is 6.04 Å². The zero-order chi connectivity index (χ0) is 13.8. The molecule has 0 amide bonds. The molecule has 2 nitrogen and oxygen atoms in total. The summed E-state index contributed by atoms with van der Waals surface area (Å²) in [7, 11) is 0. The van der Waals surface area contributed by atoms with Crippen molar-refractivity contribution in [1.82, 2.24) is 5.32 Å². The Morgan fingerprint density at radius 2 is 1.80 bits per heavy atom. The lowest BCUT2D eigenvalue weighted by Crippen LogP contribution is -2.16. The third-order valence-electron chi connectivity index (χ3n) is 3.44. The number of hydrogen-bond acceptors (Lipinski definition) is 2. The van der Waals surface area contributed by atoms with E-state index in [1.807, 2.05) is 36.4 Å². The van der Waals surface area contributed by atoms with Crippen molar-refractivity contribution >= 4 is 11.6 Å². The fourth-order valence-corrected chi connectivity index (χ4v) is 2.20. The number of para-hydroxylation sites is 1. The van der Waals surface area contributed by atoms with Crippen LogP contribution in [0.3, 0.4) is 0 Å². The van der Waals surface area contributed by atoms with E-state index >= 15 is 0 Å². The minimum atomic E-state index is 0.567. The fraction of sp³-hybridized carbons (Fsp3) is 0.294. The Hall–Kier alpha value is -1.51. The molecule has 0 aromatic heterocycles. The highest BCUT2D eigenvalue weighted by molar-refractivity contribution is 6.30. The van der Waals surface area contributed by atoms with Gasteiger partial charge in [0.2, 0.25) is 0 Å². The summed E-state index contributed by atoms with van der Waals surface area (Å²) in [6, 6.07) is 16.7. The lowest BCUT2D eigenvalue weighted by molar-refractivity contribution is 0.302. The largest absolute Gasteiger partial charge is 0.489 e. The molecule has 0 unspecified atom stereocenters. The van der Waals surface area contributed by atoms with E-state index in [0.717, 1.165) is 22.9 Å². The van der Waals surface area contributed by atoms with Crippen molar-refractivity contribution < 1.29 is 4.74 Å². The van der Waals surface area contributed by atoms with Crippen LogP contribution in [0.4, 0.5) is 0 Å². The predicted molar refractivity (Wildman–Crippen MR) is 82.1 cm³/mol. The maximum Gasteiger partial charge on any atom is 0.124 e. The van der Waals surface area contributed by atoms with Crippen molar-refractivity contribution in [1.29, 1.82) is 0 Å². The van der Waals surface area contributed by atoms with Gasteiger partial charge in [-0.05, 0) is 36.6 Å². The molecule has 0 atom stereocenters. The predicted octanol–water partition coefficient (Wildman–Crippen LogP) is 4.17. The molecule has 3 heteroatoms. The molecule has 0 bridgehead atoms. The minimum absolute atomic E-state index is 0.567. The fourth-order valence-electron chi connectivity index (χ4n) is 2.07. The topological polar surface area (TPSA) is 21.3 Å². The van der Waals surface area contributed by atoms with E-state index in [2.05, 4.69) is 17.4 Å². The number of ether oxygens (including phenoxy) is 1. The van der Waals surface area contributed by atoms with Crippen molar-refractivity contribution in [3.05, 3.63) is 64.7 Å². The van der Waals surface area contributed by atoms with Crippen molar-refractivity contribution in [3.8, 4) is 5.75 Å². The Labute approximate surface area is 124 Å². The molecule has 1 N–H and O–H groups in total. The maximum atomic E-state index is 5.93. The molecule has 0 saturated heterocycles. The number of rotatable bonds is 6. The SMILES string of the molecule is Clc1ccc(COc2ccccc2CNC2CC2)cc1. The second-order valence-electron chi connectivity index (χ2n) is 5.18. The van der Waals surface area contributed by atoms with Gasteiger partial charge in [-0.3, -0.25) is 0 Å². The van der Waals surface area contributed by atoms with Gasteiger partial charge >= 0.3 is 0 Å². The molecule has 1 aliphatic carbocycles. The monoisotopic (exact) mass is 287 g/mol. The van der Waals surface area contributed by atoms with E-state index < -0.39 is 0 Å². The molecule has 2 aromatic rings. The first-order valence-corrected chi connectivity index (χ1v) is 7.37. The van der Waals surface area contributed by atoms with Gasteiger partial charge in [0.1, 0.15) is 12.4 Å². The van der Waals surface area contributed by atoms with Gasteiger partial charge in [0.15, 0.2) is 0 Å². The van der Waals surface area contributed by atoms with Crippen molar-refractivity contribution in [2.24, 2.45) is 0 Å². The average molecular weight is 288 g/mol. The first kappa shape index (κ1) is 13.5. The van der Waals surface area contributed by atoms with Crippen LogP contribution in [0, 0.1) is 0 Å². The number of nitrogens with one attached hydrogen (secondary N) is 1. The highest BCUT2D eigenvalue weighted by Gasteiger charge is 2.20. The molecule has 1 aliphatic rings. The van der Waals surface area contributed by atoms with Crippen LogP contribution in [0.5, 0.6) is 5.75 Å².